The summed E-state index contributed by atoms with van der Waals surface area (Å²) in [4.78, 5) is 12.4. The van der Waals surface area contributed by atoms with Crippen LogP contribution in [0, 0.1) is 13.8 Å². The molecule has 1 atom stereocenters. The minimum Gasteiger partial charge on any atom is -0.425 e. The molecule has 5 nitrogen and oxygen atoms in total. The van der Waals surface area contributed by atoms with Crippen molar-refractivity contribution in [2.24, 2.45) is 0 Å². The SMILES string of the molecule is COP(=O)(OC)C(C)C(=O)Oc1c(C)cc(C)cc1C(C)(C)C. The van der Waals surface area contributed by atoms with Crippen molar-refractivity contribution in [3.8, 4) is 5.75 Å². The molecule has 0 amide bonds. The summed E-state index contributed by atoms with van der Waals surface area (Å²) in [5.74, 6) is -0.117. The second kappa shape index (κ2) is 7.16. The Bertz CT molecular complexity index is 623. The number of hydrogen-bond acceptors (Lipinski definition) is 5. The highest BCUT2D eigenvalue weighted by Crippen LogP contribution is 2.52. The molecule has 0 heterocycles. The Balaban J connectivity index is 3.24. The molecule has 0 aromatic heterocycles. The van der Waals surface area contributed by atoms with Gasteiger partial charge in [0.25, 0.3) is 0 Å². The van der Waals surface area contributed by atoms with E-state index in [1.165, 1.54) is 21.1 Å². The largest absolute Gasteiger partial charge is 0.425 e. The minimum atomic E-state index is -3.52. The molecule has 130 valence electrons. The van der Waals surface area contributed by atoms with Gasteiger partial charge in [-0.3, -0.25) is 9.36 Å². The third-order valence-corrected chi connectivity index (χ3v) is 5.93. The predicted molar refractivity (Wildman–Crippen MR) is 91.3 cm³/mol. The van der Waals surface area contributed by atoms with Gasteiger partial charge in [-0.2, -0.15) is 0 Å². The predicted octanol–water partition coefficient (Wildman–Crippen LogP) is 4.38. The maximum atomic E-state index is 12.4. The van der Waals surface area contributed by atoms with Crippen molar-refractivity contribution < 1.29 is 23.1 Å². The number of aryl methyl sites for hydroxylation is 2. The van der Waals surface area contributed by atoms with Gasteiger partial charge >= 0.3 is 13.6 Å². The van der Waals surface area contributed by atoms with Gasteiger partial charge in [-0.25, -0.2) is 0 Å². The second-order valence-corrected chi connectivity index (χ2v) is 9.30. The number of hydrogen-bond donors (Lipinski definition) is 0. The maximum Gasteiger partial charge on any atom is 0.344 e. The zero-order valence-electron chi connectivity index (χ0n) is 15.2. The molecule has 0 aliphatic carbocycles. The Morgan fingerprint density at radius 2 is 1.65 bits per heavy atom. The van der Waals surface area contributed by atoms with Crippen LogP contribution in [0.4, 0.5) is 0 Å². The minimum absolute atomic E-state index is 0.193. The van der Waals surface area contributed by atoms with E-state index >= 15 is 0 Å². The van der Waals surface area contributed by atoms with Crippen molar-refractivity contribution in [3.05, 3.63) is 28.8 Å². The van der Waals surface area contributed by atoms with Crippen molar-refractivity contribution >= 4 is 13.6 Å². The zero-order chi connectivity index (χ0) is 18.0. The lowest BCUT2D eigenvalue weighted by Gasteiger charge is -2.26. The van der Waals surface area contributed by atoms with E-state index in [9.17, 15) is 9.36 Å². The molecule has 0 bridgehead atoms. The molecule has 1 aromatic rings. The van der Waals surface area contributed by atoms with Gasteiger partial charge in [0.2, 0.25) is 0 Å². The fourth-order valence-corrected chi connectivity index (χ4v) is 3.45. The van der Waals surface area contributed by atoms with Gasteiger partial charge in [0.05, 0.1) is 0 Å². The molecule has 1 aromatic carbocycles. The summed E-state index contributed by atoms with van der Waals surface area (Å²) < 4.78 is 27.7. The summed E-state index contributed by atoms with van der Waals surface area (Å²) in [6, 6.07) is 3.96. The Labute approximate surface area is 138 Å². The molecule has 0 aliphatic heterocycles. The third-order valence-electron chi connectivity index (χ3n) is 3.75. The van der Waals surface area contributed by atoms with Crippen molar-refractivity contribution in [1.29, 1.82) is 0 Å². The average Bonchev–Trinajstić information content (AvgIpc) is 2.46. The summed E-state index contributed by atoms with van der Waals surface area (Å²) in [6.45, 7) is 11.5. The Kier molecular flexibility index (Phi) is 6.19. The number of esters is 1. The lowest BCUT2D eigenvalue weighted by atomic mass is 9.84. The van der Waals surface area contributed by atoms with Gasteiger partial charge in [-0.05, 0) is 31.7 Å². The number of carbonyl (C=O) groups is 1. The quantitative estimate of drug-likeness (QED) is 0.451. The van der Waals surface area contributed by atoms with Crippen LogP contribution < -0.4 is 4.74 Å². The Morgan fingerprint density at radius 1 is 1.13 bits per heavy atom. The van der Waals surface area contributed by atoms with Crippen LogP contribution in [0.2, 0.25) is 0 Å². The summed E-state index contributed by atoms with van der Waals surface area (Å²) >= 11 is 0. The van der Waals surface area contributed by atoms with Crippen LogP contribution >= 0.6 is 7.60 Å². The van der Waals surface area contributed by atoms with E-state index in [1.807, 2.05) is 26.0 Å². The van der Waals surface area contributed by atoms with E-state index in [1.54, 1.807) is 0 Å². The first-order valence-electron chi connectivity index (χ1n) is 7.51. The van der Waals surface area contributed by atoms with Gasteiger partial charge in [-0.15, -0.1) is 0 Å². The highest BCUT2D eigenvalue weighted by molar-refractivity contribution is 7.55. The summed E-state index contributed by atoms with van der Waals surface area (Å²) in [7, 11) is -1.01. The summed E-state index contributed by atoms with van der Waals surface area (Å²) in [5, 5.41) is 0. The Morgan fingerprint density at radius 3 is 2.09 bits per heavy atom. The molecular formula is C17H27O5P. The number of rotatable bonds is 5. The van der Waals surface area contributed by atoms with E-state index in [2.05, 4.69) is 20.8 Å². The first kappa shape index (κ1) is 19.9. The zero-order valence-corrected chi connectivity index (χ0v) is 16.1. The van der Waals surface area contributed by atoms with Crippen LogP contribution in [-0.2, 0) is 23.8 Å². The molecular weight excluding hydrogens is 315 g/mol. The summed E-state index contributed by atoms with van der Waals surface area (Å²) in [5.41, 5.74) is 1.69. The van der Waals surface area contributed by atoms with E-state index in [4.69, 9.17) is 13.8 Å². The normalized spacial score (nSPS) is 13.7. The highest BCUT2D eigenvalue weighted by Gasteiger charge is 2.38. The van der Waals surface area contributed by atoms with Crippen LogP contribution in [0.1, 0.15) is 44.4 Å². The van der Waals surface area contributed by atoms with E-state index in [0.29, 0.717) is 5.75 Å². The number of ether oxygens (including phenoxy) is 1. The number of carbonyl (C=O) groups excluding carboxylic acids is 1. The second-order valence-electron chi connectivity index (χ2n) is 6.71. The van der Waals surface area contributed by atoms with E-state index in [0.717, 1.165) is 16.7 Å². The van der Waals surface area contributed by atoms with E-state index in [-0.39, 0.29) is 5.41 Å². The van der Waals surface area contributed by atoms with Crippen LogP contribution in [0.25, 0.3) is 0 Å². The topological polar surface area (TPSA) is 61.8 Å². The van der Waals surface area contributed by atoms with Gasteiger partial charge in [0.1, 0.15) is 5.75 Å². The first-order chi connectivity index (χ1) is 10.5. The smallest absolute Gasteiger partial charge is 0.344 e. The maximum absolute atomic E-state index is 12.4. The molecule has 0 aliphatic rings. The Hall–Kier alpha value is -1.16. The molecule has 6 heteroatoms. The van der Waals surface area contributed by atoms with Gasteiger partial charge in [-0.1, -0.05) is 38.5 Å². The molecule has 0 N–H and O–H groups in total. The third kappa shape index (κ3) is 4.43. The van der Waals surface area contributed by atoms with Crippen molar-refractivity contribution in [2.75, 3.05) is 14.2 Å². The molecule has 1 rings (SSSR count). The van der Waals surface area contributed by atoms with Gasteiger partial charge < -0.3 is 13.8 Å². The van der Waals surface area contributed by atoms with Crippen molar-refractivity contribution in [2.45, 2.75) is 52.6 Å². The molecule has 0 saturated carbocycles. The van der Waals surface area contributed by atoms with Gasteiger partial charge in [0, 0.05) is 19.8 Å². The van der Waals surface area contributed by atoms with E-state index < -0.39 is 19.2 Å². The molecule has 0 radical (unpaired) electrons. The molecule has 0 spiro atoms. The summed E-state index contributed by atoms with van der Waals surface area (Å²) in [6.07, 6.45) is 0. The first-order valence-corrected chi connectivity index (χ1v) is 9.12. The average molecular weight is 342 g/mol. The van der Waals surface area contributed by atoms with Crippen LogP contribution in [0.15, 0.2) is 12.1 Å². The number of benzene rings is 1. The monoisotopic (exact) mass is 342 g/mol. The molecule has 23 heavy (non-hydrogen) atoms. The fourth-order valence-electron chi connectivity index (χ4n) is 2.35. The van der Waals surface area contributed by atoms with Crippen LogP contribution in [0.5, 0.6) is 5.75 Å². The standard InChI is InChI=1S/C17H27O5P/c1-11-9-12(2)15(14(10-11)17(4,5)6)22-16(18)13(3)23(19,20-7)21-8/h9-10,13H,1-8H3. The van der Waals surface area contributed by atoms with Crippen molar-refractivity contribution in [1.82, 2.24) is 0 Å². The highest BCUT2D eigenvalue weighted by atomic mass is 31.2. The van der Waals surface area contributed by atoms with Crippen LogP contribution in [-0.4, -0.2) is 25.8 Å². The van der Waals surface area contributed by atoms with Crippen molar-refractivity contribution in [3.63, 3.8) is 0 Å². The molecule has 1 unspecified atom stereocenters. The lowest BCUT2D eigenvalue weighted by Crippen LogP contribution is -2.26. The fraction of sp³-hybridized carbons (Fsp3) is 0.588. The molecule has 0 saturated heterocycles. The lowest BCUT2D eigenvalue weighted by molar-refractivity contribution is -0.134. The van der Waals surface area contributed by atoms with Crippen LogP contribution in [0.3, 0.4) is 0 Å². The van der Waals surface area contributed by atoms with Gasteiger partial charge in [0.15, 0.2) is 5.66 Å². The molecule has 0 fully saturated rings.